The molecule has 3 nitrogen and oxygen atoms in total. The van der Waals surface area contributed by atoms with Gasteiger partial charge in [-0.05, 0) is 27.3 Å². The SMILES string of the molecule is CC.CCO[C@@H](C)[C@@H]1[C@@H](OC)CCN1C. The molecule has 0 N–H and O–H groups in total. The number of rotatable bonds is 4. The number of hydrogen-bond donors (Lipinski definition) is 0. The van der Waals surface area contributed by atoms with Crippen LogP contribution in [0.1, 0.15) is 34.1 Å². The molecule has 0 amide bonds. The van der Waals surface area contributed by atoms with E-state index in [1.165, 1.54) is 0 Å². The van der Waals surface area contributed by atoms with E-state index in [9.17, 15) is 0 Å². The molecule has 15 heavy (non-hydrogen) atoms. The molecule has 3 heteroatoms. The van der Waals surface area contributed by atoms with Crippen molar-refractivity contribution in [3.8, 4) is 0 Å². The van der Waals surface area contributed by atoms with Gasteiger partial charge in [0.25, 0.3) is 0 Å². The molecule has 3 atom stereocenters. The third-order valence-corrected chi connectivity index (χ3v) is 2.87. The monoisotopic (exact) mass is 217 g/mol. The van der Waals surface area contributed by atoms with Crippen molar-refractivity contribution < 1.29 is 9.47 Å². The van der Waals surface area contributed by atoms with Crippen LogP contribution in [0.2, 0.25) is 0 Å². The fourth-order valence-electron chi connectivity index (χ4n) is 2.21. The van der Waals surface area contributed by atoms with Gasteiger partial charge in [0.2, 0.25) is 0 Å². The van der Waals surface area contributed by atoms with Gasteiger partial charge in [0, 0.05) is 20.3 Å². The van der Waals surface area contributed by atoms with E-state index < -0.39 is 0 Å². The summed E-state index contributed by atoms with van der Waals surface area (Å²) in [4.78, 5) is 2.33. The van der Waals surface area contributed by atoms with E-state index in [4.69, 9.17) is 9.47 Å². The second-order valence-corrected chi connectivity index (χ2v) is 3.69. The molecule has 1 rings (SSSR count). The third kappa shape index (κ3) is 4.09. The Morgan fingerprint density at radius 1 is 1.40 bits per heavy atom. The van der Waals surface area contributed by atoms with Crippen LogP contribution in [0.3, 0.4) is 0 Å². The van der Waals surface area contributed by atoms with Gasteiger partial charge in [-0.3, -0.25) is 4.90 Å². The first kappa shape index (κ1) is 14.9. The molecule has 0 aliphatic carbocycles. The highest BCUT2D eigenvalue weighted by molar-refractivity contribution is 4.90. The second kappa shape index (κ2) is 8.08. The number of hydrogen-bond acceptors (Lipinski definition) is 3. The highest BCUT2D eigenvalue weighted by Gasteiger charge is 2.36. The maximum Gasteiger partial charge on any atom is 0.0763 e. The molecule has 1 aliphatic rings. The Labute approximate surface area is 94.7 Å². The standard InChI is InChI=1S/C10H21NO2.C2H6/c1-5-13-8(2)10-9(12-4)6-7-11(10)3;1-2/h8-10H,5-7H2,1-4H3;1-2H3/t8-,9-,10+;/m0./s1. The molecule has 0 aromatic carbocycles. The van der Waals surface area contributed by atoms with Gasteiger partial charge in [-0.2, -0.15) is 0 Å². The average molecular weight is 217 g/mol. The van der Waals surface area contributed by atoms with Crippen LogP contribution in [-0.4, -0.2) is 50.5 Å². The van der Waals surface area contributed by atoms with Crippen molar-refractivity contribution in [1.29, 1.82) is 0 Å². The van der Waals surface area contributed by atoms with Gasteiger partial charge in [-0.25, -0.2) is 0 Å². The van der Waals surface area contributed by atoms with Crippen LogP contribution in [0.15, 0.2) is 0 Å². The van der Waals surface area contributed by atoms with Crippen molar-refractivity contribution in [3.63, 3.8) is 0 Å². The Bertz CT molecular complexity index is 153. The van der Waals surface area contributed by atoms with E-state index in [0.717, 1.165) is 19.6 Å². The van der Waals surface area contributed by atoms with Crippen LogP contribution in [0, 0.1) is 0 Å². The first-order valence-electron chi connectivity index (χ1n) is 6.05. The molecule has 1 aliphatic heterocycles. The molecular formula is C12H27NO2. The molecule has 0 unspecified atom stereocenters. The Morgan fingerprint density at radius 2 is 2.00 bits per heavy atom. The predicted octanol–water partition coefficient (Wildman–Crippen LogP) is 2.16. The second-order valence-electron chi connectivity index (χ2n) is 3.69. The van der Waals surface area contributed by atoms with Crippen molar-refractivity contribution >= 4 is 0 Å². The molecule has 1 fully saturated rings. The average Bonchev–Trinajstić information content (AvgIpc) is 2.63. The van der Waals surface area contributed by atoms with Crippen LogP contribution in [0.25, 0.3) is 0 Å². The van der Waals surface area contributed by atoms with Crippen LogP contribution in [-0.2, 0) is 9.47 Å². The summed E-state index contributed by atoms with van der Waals surface area (Å²) in [6.45, 7) is 10.1. The van der Waals surface area contributed by atoms with E-state index in [2.05, 4.69) is 18.9 Å². The summed E-state index contributed by atoms with van der Waals surface area (Å²) >= 11 is 0. The normalized spacial score (nSPS) is 28.4. The lowest BCUT2D eigenvalue weighted by Gasteiger charge is -2.29. The number of methoxy groups -OCH3 is 1. The largest absolute Gasteiger partial charge is 0.380 e. The molecule has 0 bridgehead atoms. The Hall–Kier alpha value is -0.120. The fourth-order valence-corrected chi connectivity index (χ4v) is 2.21. The number of ether oxygens (including phenoxy) is 2. The predicted molar refractivity (Wildman–Crippen MR) is 64.3 cm³/mol. The van der Waals surface area contributed by atoms with Crippen molar-refractivity contribution in [2.75, 3.05) is 27.3 Å². The zero-order valence-electron chi connectivity index (χ0n) is 11.1. The molecule has 0 spiro atoms. The lowest BCUT2D eigenvalue weighted by Crippen LogP contribution is -2.43. The van der Waals surface area contributed by atoms with Gasteiger partial charge < -0.3 is 9.47 Å². The Kier molecular flexibility index (Phi) is 8.02. The van der Waals surface area contributed by atoms with E-state index in [1.807, 2.05) is 20.8 Å². The summed E-state index contributed by atoms with van der Waals surface area (Å²) in [6, 6.07) is 0.421. The van der Waals surface area contributed by atoms with Gasteiger partial charge >= 0.3 is 0 Å². The first-order chi connectivity index (χ1) is 7.20. The molecular weight excluding hydrogens is 190 g/mol. The van der Waals surface area contributed by atoms with E-state index >= 15 is 0 Å². The zero-order chi connectivity index (χ0) is 11.8. The van der Waals surface area contributed by atoms with Crippen molar-refractivity contribution in [3.05, 3.63) is 0 Å². The molecule has 0 aromatic rings. The minimum Gasteiger partial charge on any atom is -0.380 e. The lowest BCUT2D eigenvalue weighted by atomic mass is 10.1. The number of likely N-dealkylation sites (N-methyl/N-ethyl adjacent to an activating group) is 1. The number of nitrogens with zero attached hydrogens (tertiary/aromatic N) is 1. The van der Waals surface area contributed by atoms with E-state index in [-0.39, 0.29) is 6.10 Å². The van der Waals surface area contributed by atoms with Crippen LogP contribution in [0.4, 0.5) is 0 Å². The maximum atomic E-state index is 5.61. The van der Waals surface area contributed by atoms with Crippen molar-refractivity contribution in [2.45, 2.75) is 52.4 Å². The summed E-state index contributed by atoms with van der Waals surface area (Å²) in [5.41, 5.74) is 0. The van der Waals surface area contributed by atoms with Gasteiger partial charge in [-0.15, -0.1) is 0 Å². The van der Waals surface area contributed by atoms with Crippen molar-refractivity contribution in [1.82, 2.24) is 4.90 Å². The molecule has 1 heterocycles. The topological polar surface area (TPSA) is 21.7 Å². The smallest absolute Gasteiger partial charge is 0.0763 e. The van der Waals surface area contributed by atoms with E-state index in [1.54, 1.807) is 7.11 Å². The van der Waals surface area contributed by atoms with Crippen LogP contribution >= 0.6 is 0 Å². The highest BCUT2D eigenvalue weighted by atomic mass is 16.5. The highest BCUT2D eigenvalue weighted by Crippen LogP contribution is 2.22. The summed E-state index contributed by atoms with van der Waals surface area (Å²) in [6.07, 6.45) is 1.73. The lowest BCUT2D eigenvalue weighted by molar-refractivity contribution is -0.0273. The quantitative estimate of drug-likeness (QED) is 0.720. The molecule has 92 valence electrons. The summed E-state index contributed by atoms with van der Waals surface area (Å²) < 4.78 is 11.0. The molecule has 1 saturated heterocycles. The van der Waals surface area contributed by atoms with E-state index in [0.29, 0.717) is 12.1 Å². The zero-order valence-corrected chi connectivity index (χ0v) is 11.1. The van der Waals surface area contributed by atoms with Crippen molar-refractivity contribution in [2.24, 2.45) is 0 Å². The fraction of sp³-hybridized carbons (Fsp3) is 1.00. The summed E-state index contributed by atoms with van der Waals surface area (Å²) in [5.74, 6) is 0. The minimum absolute atomic E-state index is 0.266. The van der Waals surface area contributed by atoms with Gasteiger partial charge in [0.05, 0.1) is 18.2 Å². The van der Waals surface area contributed by atoms with Gasteiger partial charge in [0.1, 0.15) is 0 Å². The number of likely N-dealkylation sites (tertiary alicyclic amines) is 1. The molecule has 0 aromatic heterocycles. The molecule has 0 saturated carbocycles. The Morgan fingerprint density at radius 3 is 2.47 bits per heavy atom. The first-order valence-corrected chi connectivity index (χ1v) is 6.05. The summed E-state index contributed by atoms with van der Waals surface area (Å²) in [7, 11) is 3.93. The summed E-state index contributed by atoms with van der Waals surface area (Å²) in [5, 5.41) is 0. The van der Waals surface area contributed by atoms with Gasteiger partial charge in [-0.1, -0.05) is 13.8 Å². The third-order valence-electron chi connectivity index (χ3n) is 2.87. The molecule has 0 radical (unpaired) electrons. The van der Waals surface area contributed by atoms with Crippen LogP contribution < -0.4 is 0 Å². The minimum atomic E-state index is 0.266. The maximum absolute atomic E-state index is 5.61. The Balaban J connectivity index is 0.000000921. The van der Waals surface area contributed by atoms with Gasteiger partial charge in [0.15, 0.2) is 0 Å². The van der Waals surface area contributed by atoms with Crippen LogP contribution in [0.5, 0.6) is 0 Å².